The van der Waals surface area contributed by atoms with E-state index < -0.39 is 0 Å². The van der Waals surface area contributed by atoms with Crippen molar-refractivity contribution in [1.82, 2.24) is 4.90 Å². The van der Waals surface area contributed by atoms with E-state index >= 15 is 0 Å². The molecule has 0 aromatic rings. The molecular weight excluding hydrogens is 198 g/mol. The fourth-order valence-corrected chi connectivity index (χ4v) is 2.74. The van der Waals surface area contributed by atoms with Crippen LogP contribution in [0.15, 0.2) is 0 Å². The first-order chi connectivity index (χ1) is 7.69. The van der Waals surface area contributed by atoms with Gasteiger partial charge < -0.3 is 4.90 Å². The number of piperidine rings is 1. The lowest BCUT2D eigenvalue weighted by Gasteiger charge is -2.33. The van der Waals surface area contributed by atoms with Gasteiger partial charge in [-0.1, -0.05) is 33.6 Å². The van der Waals surface area contributed by atoms with Gasteiger partial charge in [0.1, 0.15) is 0 Å². The molecule has 1 heterocycles. The molecule has 1 rings (SSSR count). The van der Waals surface area contributed by atoms with E-state index in [-0.39, 0.29) is 0 Å². The van der Waals surface area contributed by atoms with Gasteiger partial charge in [0, 0.05) is 19.0 Å². The lowest BCUT2D eigenvalue weighted by Crippen LogP contribution is -2.42. The third kappa shape index (κ3) is 3.80. The van der Waals surface area contributed by atoms with Crippen LogP contribution in [0, 0.1) is 11.8 Å². The summed E-state index contributed by atoms with van der Waals surface area (Å²) in [7, 11) is 0. The normalized spacial score (nSPS) is 21.5. The molecule has 1 atom stereocenters. The monoisotopic (exact) mass is 225 g/mol. The zero-order valence-electron chi connectivity index (χ0n) is 11.2. The predicted molar refractivity (Wildman–Crippen MR) is 68.3 cm³/mol. The number of hydrogen-bond acceptors (Lipinski definition) is 1. The molecule has 1 amide bonds. The van der Waals surface area contributed by atoms with Crippen molar-refractivity contribution < 1.29 is 4.79 Å². The van der Waals surface area contributed by atoms with Crippen LogP contribution < -0.4 is 0 Å². The first-order valence-corrected chi connectivity index (χ1v) is 6.97. The highest BCUT2D eigenvalue weighted by Gasteiger charge is 2.26. The second-order valence-electron chi connectivity index (χ2n) is 5.31. The SMILES string of the molecule is CCCC(CCC)C(=O)N1CCCC(C)C1. The van der Waals surface area contributed by atoms with E-state index in [1.807, 2.05) is 0 Å². The molecule has 94 valence electrons. The molecule has 0 aromatic carbocycles. The topological polar surface area (TPSA) is 20.3 Å². The van der Waals surface area contributed by atoms with E-state index in [0.717, 1.165) is 38.8 Å². The average Bonchev–Trinajstić information content (AvgIpc) is 2.28. The van der Waals surface area contributed by atoms with Crippen molar-refractivity contribution in [3.63, 3.8) is 0 Å². The molecule has 0 bridgehead atoms. The van der Waals surface area contributed by atoms with E-state index in [9.17, 15) is 4.79 Å². The van der Waals surface area contributed by atoms with Gasteiger partial charge >= 0.3 is 0 Å². The Hall–Kier alpha value is -0.530. The molecule has 1 unspecified atom stereocenters. The standard InChI is InChI=1S/C14H27NO/c1-4-7-13(8-5-2)14(16)15-10-6-9-12(3)11-15/h12-13H,4-11H2,1-3H3. The van der Waals surface area contributed by atoms with Gasteiger partial charge in [-0.25, -0.2) is 0 Å². The average molecular weight is 225 g/mol. The Kier molecular flexibility index (Phi) is 5.86. The lowest BCUT2D eigenvalue weighted by atomic mass is 9.94. The molecule has 1 aliphatic heterocycles. The number of amides is 1. The van der Waals surface area contributed by atoms with Gasteiger partial charge in [0.05, 0.1) is 0 Å². The first kappa shape index (κ1) is 13.5. The van der Waals surface area contributed by atoms with Crippen LogP contribution in [0.25, 0.3) is 0 Å². The molecule has 0 spiro atoms. The molecule has 0 N–H and O–H groups in total. The molecule has 2 heteroatoms. The summed E-state index contributed by atoms with van der Waals surface area (Å²) < 4.78 is 0. The maximum atomic E-state index is 12.3. The number of hydrogen-bond donors (Lipinski definition) is 0. The smallest absolute Gasteiger partial charge is 0.225 e. The van der Waals surface area contributed by atoms with E-state index in [1.54, 1.807) is 0 Å². The Morgan fingerprint density at radius 3 is 2.44 bits per heavy atom. The van der Waals surface area contributed by atoms with Crippen molar-refractivity contribution in [2.24, 2.45) is 11.8 Å². The Morgan fingerprint density at radius 2 is 1.94 bits per heavy atom. The Morgan fingerprint density at radius 1 is 1.31 bits per heavy atom. The van der Waals surface area contributed by atoms with Crippen LogP contribution in [0.3, 0.4) is 0 Å². The highest BCUT2D eigenvalue weighted by molar-refractivity contribution is 5.78. The number of carbonyl (C=O) groups is 1. The van der Waals surface area contributed by atoms with Gasteiger partial charge in [-0.05, 0) is 31.6 Å². The van der Waals surface area contributed by atoms with Crippen molar-refractivity contribution in [1.29, 1.82) is 0 Å². The molecule has 16 heavy (non-hydrogen) atoms. The summed E-state index contributed by atoms with van der Waals surface area (Å²) in [4.78, 5) is 14.5. The Bertz CT molecular complexity index is 202. The molecule has 1 fully saturated rings. The van der Waals surface area contributed by atoms with Gasteiger partial charge in [-0.3, -0.25) is 4.79 Å². The molecule has 2 nitrogen and oxygen atoms in total. The van der Waals surface area contributed by atoms with Gasteiger partial charge in [-0.15, -0.1) is 0 Å². The molecule has 0 aromatic heterocycles. The van der Waals surface area contributed by atoms with Crippen LogP contribution in [0.5, 0.6) is 0 Å². The highest BCUT2D eigenvalue weighted by Crippen LogP contribution is 2.21. The molecule has 1 aliphatic rings. The minimum atomic E-state index is 0.292. The summed E-state index contributed by atoms with van der Waals surface area (Å²) in [5.41, 5.74) is 0. The summed E-state index contributed by atoms with van der Waals surface area (Å²) in [5.74, 6) is 1.41. The van der Waals surface area contributed by atoms with Gasteiger partial charge in [-0.2, -0.15) is 0 Å². The van der Waals surface area contributed by atoms with E-state index in [1.165, 1.54) is 12.8 Å². The molecular formula is C14H27NO. The third-order valence-corrected chi connectivity index (χ3v) is 3.59. The van der Waals surface area contributed by atoms with Gasteiger partial charge in [0.15, 0.2) is 0 Å². The minimum absolute atomic E-state index is 0.292. The van der Waals surface area contributed by atoms with Crippen LogP contribution >= 0.6 is 0 Å². The molecule has 0 saturated carbocycles. The maximum Gasteiger partial charge on any atom is 0.225 e. The summed E-state index contributed by atoms with van der Waals surface area (Å²) in [6.07, 6.45) is 6.86. The summed E-state index contributed by atoms with van der Waals surface area (Å²) in [5, 5.41) is 0. The van der Waals surface area contributed by atoms with Crippen molar-refractivity contribution in [2.75, 3.05) is 13.1 Å². The van der Waals surface area contributed by atoms with Crippen LogP contribution in [-0.2, 0) is 4.79 Å². The second kappa shape index (κ2) is 6.93. The molecule has 0 aliphatic carbocycles. The number of nitrogens with zero attached hydrogens (tertiary/aromatic N) is 1. The van der Waals surface area contributed by atoms with Crippen LogP contribution in [0.1, 0.15) is 59.3 Å². The maximum absolute atomic E-state index is 12.3. The number of rotatable bonds is 5. The summed E-state index contributed by atoms with van der Waals surface area (Å²) in [6.45, 7) is 8.59. The van der Waals surface area contributed by atoms with Crippen molar-refractivity contribution in [3.8, 4) is 0 Å². The van der Waals surface area contributed by atoms with Crippen molar-refractivity contribution in [3.05, 3.63) is 0 Å². The quantitative estimate of drug-likeness (QED) is 0.701. The van der Waals surface area contributed by atoms with E-state index in [2.05, 4.69) is 25.7 Å². The lowest BCUT2D eigenvalue weighted by molar-refractivity contribution is -0.137. The number of likely N-dealkylation sites (tertiary alicyclic amines) is 1. The minimum Gasteiger partial charge on any atom is -0.342 e. The summed E-state index contributed by atoms with van der Waals surface area (Å²) >= 11 is 0. The van der Waals surface area contributed by atoms with Crippen LogP contribution in [-0.4, -0.2) is 23.9 Å². The fourth-order valence-electron chi connectivity index (χ4n) is 2.74. The van der Waals surface area contributed by atoms with Crippen LogP contribution in [0.2, 0.25) is 0 Å². The largest absolute Gasteiger partial charge is 0.342 e. The number of carbonyl (C=O) groups excluding carboxylic acids is 1. The Labute approximate surface area is 100 Å². The van der Waals surface area contributed by atoms with Crippen molar-refractivity contribution in [2.45, 2.75) is 59.3 Å². The van der Waals surface area contributed by atoms with Crippen molar-refractivity contribution >= 4 is 5.91 Å². The zero-order valence-corrected chi connectivity index (χ0v) is 11.2. The predicted octanol–water partition coefficient (Wildman–Crippen LogP) is 3.46. The van der Waals surface area contributed by atoms with Crippen LogP contribution in [0.4, 0.5) is 0 Å². The van der Waals surface area contributed by atoms with E-state index in [4.69, 9.17) is 0 Å². The summed E-state index contributed by atoms with van der Waals surface area (Å²) in [6, 6.07) is 0. The van der Waals surface area contributed by atoms with Gasteiger partial charge in [0.25, 0.3) is 0 Å². The van der Waals surface area contributed by atoms with E-state index in [0.29, 0.717) is 17.7 Å². The second-order valence-corrected chi connectivity index (χ2v) is 5.31. The fraction of sp³-hybridized carbons (Fsp3) is 0.929. The first-order valence-electron chi connectivity index (χ1n) is 6.97. The third-order valence-electron chi connectivity index (χ3n) is 3.59. The Balaban J connectivity index is 2.51. The zero-order chi connectivity index (χ0) is 12.0. The molecule has 0 radical (unpaired) electrons. The highest BCUT2D eigenvalue weighted by atomic mass is 16.2. The van der Waals surface area contributed by atoms with Gasteiger partial charge in [0.2, 0.25) is 5.91 Å². The molecule has 1 saturated heterocycles.